The molecule has 16 heavy (non-hydrogen) atoms. The topological polar surface area (TPSA) is 18.5 Å². The molecule has 1 aliphatic heterocycles. The van der Waals surface area contributed by atoms with Crippen molar-refractivity contribution in [2.45, 2.75) is 45.5 Å². The van der Waals surface area contributed by atoms with E-state index in [0.717, 1.165) is 12.3 Å². The van der Waals surface area contributed by atoms with Crippen molar-refractivity contribution in [2.75, 3.05) is 12.5 Å². The predicted molar refractivity (Wildman–Crippen MR) is 63.4 cm³/mol. The van der Waals surface area contributed by atoms with E-state index in [-0.39, 0.29) is 11.9 Å². The zero-order valence-electron chi connectivity index (χ0n) is 10.3. The smallest absolute Gasteiger partial charge is 0.172 e. The highest BCUT2D eigenvalue weighted by atomic mass is 35.5. The number of ether oxygens (including phenoxy) is 2. The summed E-state index contributed by atoms with van der Waals surface area (Å²) in [7, 11) is 0. The minimum absolute atomic E-state index is 0.108. The lowest BCUT2D eigenvalue weighted by atomic mass is 9.67. The van der Waals surface area contributed by atoms with E-state index in [1.807, 2.05) is 0 Å². The molecule has 5 atom stereocenters. The second-order valence-electron chi connectivity index (χ2n) is 6.37. The fourth-order valence-corrected chi connectivity index (χ4v) is 4.22. The first-order valence-electron chi connectivity index (χ1n) is 6.37. The second-order valence-corrected chi connectivity index (χ2v) is 6.68. The molecule has 92 valence electrons. The molecule has 3 fully saturated rings. The summed E-state index contributed by atoms with van der Waals surface area (Å²) in [4.78, 5) is 0. The van der Waals surface area contributed by atoms with Crippen LogP contribution in [0.4, 0.5) is 0 Å². The molecule has 1 heterocycles. The number of fused-ring (bicyclic) bond motifs is 3. The zero-order chi connectivity index (χ0) is 11.6. The van der Waals surface area contributed by atoms with Gasteiger partial charge in [-0.15, -0.1) is 11.6 Å². The Bertz CT molecular complexity index is 300. The Morgan fingerprint density at radius 1 is 1.38 bits per heavy atom. The molecule has 2 aliphatic carbocycles. The van der Waals surface area contributed by atoms with E-state index in [4.69, 9.17) is 21.1 Å². The summed E-state index contributed by atoms with van der Waals surface area (Å²) in [6.07, 6.45) is 2.45. The Hall–Kier alpha value is 0.210. The molecule has 0 unspecified atom stereocenters. The Kier molecular flexibility index (Phi) is 2.38. The molecule has 2 saturated carbocycles. The monoisotopic (exact) mass is 244 g/mol. The van der Waals surface area contributed by atoms with Gasteiger partial charge in [0.25, 0.3) is 0 Å². The van der Waals surface area contributed by atoms with Crippen molar-refractivity contribution in [1.82, 2.24) is 0 Å². The van der Waals surface area contributed by atoms with Crippen molar-refractivity contribution in [2.24, 2.45) is 23.2 Å². The summed E-state index contributed by atoms with van der Waals surface area (Å²) >= 11 is 5.86. The van der Waals surface area contributed by atoms with Crippen molar-refractivity contribution < 1.29 is 9.47 Å². The molecule has 0 amide bonds. The van der Waals surface area contributed by atoms with Gasteiger partial charge in [-0.1, -0.05) is 20.8 Å². The highest BCUT2D eigenvalue weighted by molar-refractivity contribution is 6.18. The summed E-state index contributed by atoms with van der Waals surface area (Å²) in [6, 6.07) is 0. The average molecular weight is 245 g/mol. The van der Waals surface area contributed by atoms with E-state index >= 15 is 0 Å². The van der Waals surface area contributed by atoms with Crippen molar-refractivity contribution in [3.63, 3.8) is 0 Å². The normalized spacial score (nSPS) is 54.0. The molecule has 0 aromatic rings. The van der Waals surface area contributed by atoms with Gasteiger partial charge in [-0.3, -0.25) is 0 Å². The number of halogens is 1. The third kappa shape index (κ3) is 1.27. The quantitative estimate of drug-likeness (QED) is 0.660. The van der Waals surface area contributed by atoms with Crippen LogP contribution in [0.2, 0.25) is 0 Å². The average Bonchev–Trinajstić information content (AvgIpc) is 2.87. The number of alkyl halides is 1. The van der Waals surface area contributed by atoms with Crippen LogP contribution in [-0.4, -0.2) is 24.4 Å². The van der Waals surface area contributed by atoms with Crippen molar-refractivity contribution >= 4 is 11.6 Å². The molecular weight excluding hydrogens is 224 g/mol. The van der Waals surface area contributed by atoms with Gasteiger partial charge in [0, 0.05) is 12.3 Å². The maximum absolute atomic E-state index is 6.10. The minimum atomic E-state index is -0.279. The first-order chi connectivity index (χ1) is 7.49. The third-order valence-corrected chi connectivity index (χ3v) is 5.86. The standard InChI is InChI=1S/C13H21ClO2/c1-8-11-4-9(12(8,2)3)5-13(11)15-7-10(6-14)16-13/h8-11H,4-7H2,1-3H3/t8-,9+,10-,11-,13+/m1/s1. The van der Waals surface area contributed by atoms with Gasteiger partial charge in [-0.25, -0.2) is 0 Å². The van der Waals surface area contributed by atoms with E-state index in [2.05, 4.69) is 20.8 Å². The Morgan fingerprint density at radius 2 is 2.12 bits per heavy atom. The number of hydrogen-bond donors (Lipinski definition) is 0. The molecule has 0 radical (unpaired) electrons. The Morgan fingerprint density at radius 3 is 2.62 bits per heavy atom. The van der Waals surface area contributed by atoms with Crippen molar-refractivity contribution in [1.29, 1.82) is 0 Å². The van der Waals surface area contributed by atoms with E-state index in [1.165, 1.54) is 6.42 Å². The summed E-state index contributed by atoms with van der Waals surface area (Å²) in [5, 5.41) is 0. The van der Waals surface area contributed by atoms with E-state index in [0.29, 0.717) is 29.7 Å². The number of hydrogen-bond acceptors (Lipinski definition) is 2. The molecule has 0 aromatic carbocycles. The van der Waals surface area contributed by atoms with Crippen molar-refractivity contribution in [3.05, 3.63) is 0 Å². The Balaban J connectivity index is 1.83. The highest BCUT2D eigenvalue weighted by Gasteiger charge is 2.65. The van der Waals surface area contributed by atoms with Crippen molar-refractivity contribution in [3.8, 4) is 0 Å². The van der Waals surface area contributed by atoms with E-state index in [1.54, 1.807) is 0 Å². The minimum Gasteiger partial charge on any atom is -0.347 e. The molecule has 3 rings (SSSR count). The predicted octanol–water partition coefficient (Wildman–Crippen LogP) is 3.04. The van der Waals surface area contributed by atoms with Gasteiger partial charge in [0.1, 0.15) is 0 Å². The van der Waals surface area contributed by atoms with Gasteiger partial charge in [0.15, 0.2) is 5.79 Å². The molecule has 0 N–H and O–H groups in total. The molecule has 1 spiro atoms. The van der Waals surface area contributed by atoms with Crippen LogP contribution in [0.1, 0.15) is 33.6 Å². The third-order valence-electron chi connectivity index (χ3n) is 5.52. The van der Waals surface area contributed by atoms with Gasteiger partial charge < -0.3 is 9.47 Å². The lowest BCUT2D eigenvalue weighted by molar-refractivity contribution is -0.221. The largest absolute Gasteiger partial charge is 0.347 e. The van der Waals surface area contributed by atoms with Gasteiger partial charge in [0.2, 0.25) is 0 Å². The summed E-state index contributed by atoms with van der Waals surface area (Å²) < 4.78 is 12.1. The molecule has 3 aliphatic rings. The van der Waals surface area contributed by atoms with Crippen LogP contribution in [0.25, 0.3) is 0 Å². The van der Waals surface area contributed by atoms with Crippen LogP contribution >= 0.6 is 11.6 Å². The number of rotatable bonds is 1. The van der Waals surface area contributed by atoms with Crippen LogP contribution in [0, 0.1) is 23.2 Å². The van der Waals surface area contributed by atoms with Crippen LogP contribution < -0.4 is 0 Å². The molecule has 2 bridgehead atoms. The maximum atomic E-state index is 6.10. The van der Waals surface area contributed by atoms with Gasteiger partial charge in [0.05, 0.1) is 18.6 Å². The Labute approximate surface area is 103 Å². The summed E-state index contributed by atoms with van der Waals surface area (Å²) in [5.74, 6) is 2.28. The maximum Gasteiger partial charge on any atom is 0.172 e. The van der Waals surface area contributed by atoms with E-state index < -0.39 is 0 Å². The lowest BCUT2D eigenvalue weighted by Gasteiger charge is -2.44. The van der Waals surface area contributed by atoms with Crippen LogP contribution in [0.5, 0.6) is 0 Å². The van der Waals surface area contributed by atoms with Gasteiger partial charge in [-0.05, 0) is 23.7 Å². The van der Waals surface area contributed by atoms with Gasteiger partial charge in [-0.2, -0.15) is 0 Å². The summed E-state index contributed by atoms with van der Waals surface area (Å²) in [5.41, 5.74) is 0.446. The summed E-state index contributed by atoms with van der Waals surface area (Å²) in [6.45, 7) is 7.82. The second kappa shape index (κ2) is 3.37. The molecule has 3 heteroatoms. The molecule has 0 aromatic heterocycles. The van der Waals surface area contributed by atoms with E-state index in [9.17, 15) is 0 Å². The molecular formula is C13H21ClO2. The van der Waals surface area contributed by atoms with Crippen LogP contribution in [0.15, 0.2) is 0 Å². The first kappa shape index (κ1) is 11.3. The fourth-order valence-electron chi connectivity index (χ4n) is 4.07. The fraction of sp³-hybridized carbons (Fsp3) is 1.00. The first-order valence-corrected chi connectivity index (χ1v) is 6.91. The SMILES string of the molecule is C[C@@H]1[C@H]2C[C@@H](C[C@@]23OC[C@@H](CCl)O3)C1(C)C. The highest BCUT2D eigenvalue weighted by Crippen LogP contribution is 2.65. The van der Waals surface area contributed by atoms with Crippen LogP contribution in [-0.2, 0) is 9.47 Å². The zero-order valence-corrected chi connectivity index (χ0v) is 11.1. The van der Waals surface area contributed by atoms with Gasteiger partial charge >= 0.3 is 0 Å². The molecule has 2 nitrogen and oxygen atoms in total. The van der Waals surface area contributed by atoms with Crippen LogP contribution in [0.3, 0.4) is 0 Å². The lowest BCUT2D eigenvalue weighted by Crippen LogP contribution is -2.46. The molecule has 1 saturated heterocycles.